The van der Waals surface area contributed by atoms with E-state index in [4.69, 9.17) is 4.74 Å². The van der Waals surface area contributed by atoms with Crippen LogP contribution >= 0.6 is 11.3 Å². The minimum atomic E-state index is -0.390. The monoisotopic (exact) mass is 285 g/mol. The van der Waals surface area contributed by atoms with Crippen LogP contribution in [-0.4, -0.2) is 37.7 Å². The molecule has 0 aliphatic carbocycles. The Morgan fingerprint density at radius 3 is 2.84 bits per heavy atom. The van der Waals surface area contributed by atoms with E-state index in [1.54, 1.807) is 18.4 Å². The molecule has 1 heterocycles. The summed E-state index contributed by atoms with van der Waals surface area (Å²) in [6, 6.07) is 0. The van der Waals surface area contributed by atoms with Crippen molar-refractivity contribution in [2.75, 3.05) is 26.8 Å². The van der Waals surface area contributed by atoms with Crippen LogP contribution in [0, 0.1) is 6.92 Å². The number of ether oxygens (including phenoxy) is 1. The number of nitrogens with zero attached hydrogens (tertiary/aromatic N) is 1. The van der Waals surface area contributed by atoms with Gasteiger partial charge < -0.3 is 15.4 Å². The van der Waals surface area contributed by atoms with Gasteiger partial charge in [-0.1, -0.05) is 6.92 Å². The van der Waals surface area contributed by atoms with Gasteiger partial charge in [0.15, 0.2) is 0 Å². The van der Waals surface area contributed by atoms with Crippen molar-refractivity contribution in [2.24, 2.45) is 0 Å². The van der Waals surface area contributed by atoms with E-state index in [1.807, 2.05) is 19.2 Å². The molecule has 0 saturated carbocycles. The van der Waals surface area contributed by atoms with Crippen LogP contribution in [0.3, 0.4) is 0 Å². The lowest BCUT2D eigenvalue weighted by atomic mass is 10.00. The Labute approximate surface area is 118 Å². The number of thiazole rings is 1. The largest absolute Gasteiger partial charge is 0.383 e. The number of hydrogen-bond acceptors (Lipinski definition) is 5. The fourth-order valence-electron chi connectivity index (χ4n) is 1.63. The van der Waals surface area contributed by atoms with E-state index in [0.717, 1.165) is 17.1 Å². The summed E-state index contributed by atoms with van der Waals surface area (Å²) in [5.41, 5.74) is 0.603. The number of aryl methyl sites for hydroxylation is 1. The van der Waals surface area contributed by atoms with Crippen LogP contribution < -0.4 is 10.6 Å². The molecule has 0 radical (unpaired) electrons. The molecule has 1 atom stereocenters. The number of carbonyl (C=O) groups excluding carboxylic acids is 1. The quantitative estimate of drug-likeness (QED) is 0.709. The highest BCUT2D eigenvalue weighted by atomic mass is 32.1. The zero-order chi connectivity index (χ0) is 14.3. The van der Waals surface area contributed by atoms with Crippen molar-refractivity contribution in [3.8, 4) is 0 Å². The van der Waals surface area contributed by atoms with Crippen molar-refractivity contribution >= 4 is 17.2 Å². The van der Waals surface area contributed by atoms with E-state index < -0.39 is 0 Å². The molecule has 5 nitrogen and oxygen atoms in total. The summed E-state index contributed by atoms with van der Waals surface area (Å²) >= 11 is 1.59. The van der Waals surface area contributed by atoms with Crippen LogP contribution in [-0.2, 0) is 15.1 Å². The third-order valence-corrected chi connectivity index (χ3v) is 4.21. The average Bonchev–Trinajstić information content (AvgIpc) is 2.82. The molecular formula is C13H23N3O2S. The predicted octanol–water partition coefficient (Wildman–Crippen LogP) is 1.43. The van der Waals surface area contributed by atoms with E-state index >= 15 is 0 Å². The minimum Gasteiger partial charge on any atom is -0.383 e. The molecule has 0 saturated heterocycles. The summed E-state index contributed by atoms with van der Waals surface area (Å²) in [6.07, 6.45) is 0.809. The lowest BCUT2D eigenvalue weighted by Crippen LogP contribution is -2.46. The van der Waals surface area contributed by atoms with Crippen molar-refractivity contribution in [1.82, 2.24) is 15.6 Å². The molecule has 1 aromatic rings. The Bertz CT molecular complexity index is 408. The molecule has 1 amide bonds. The van der Waals surface area contributed by atoms with Gasteiger partial charge in [0.05, 0.1) is 18.7 Å². The topological polar surface area (TPSA) is 63.2 Å². The number of carbonyl (C=O) groups is 1. The van der Waals surface area contributed by atoms with Gasteiger partial charge in [-0.15, -0.1) is 11.3 Å². The molecule has 19 heavy (non-hydrogen) atoms. The van der Waals surface area contributed by atoms with Gasteiger partial charge in [-0.25, -0.2) is 4.98 Å². The second-order valence-electron chi connectivity index (χ2n) is 4.70. The van der Waals surface area contributed by atoms with E-state index in [0.29, 0.717) is 19.7 Å². The third-order valence-electron chi connectivity index (χ3n) is 2.98. The highest BCUT2D eigenvalue weighted by Crippen LogP contribution is 2.27. The fraction of sp³-hybridized carbons (Fsp3) is 0.692. The maximum absolute atomic E-state index is 11.9. The minimum absolute atomic E-state index is 0.0201. The van der Waals surface area contributed by atoms with Crippen molar-refractivity contribution in [2.45, 2.75) is 32.7 Å². The first-order valence-corrected chi connectivity index (χ1v) is 7.33. The SMILES string of the molecule is CCC(C)(NC(=O)CNCCOC)c1nc(C)cs1. The summed E-state index contributed by atoms with van der Waals surface area (Å²) in [5.74, 6) is -0.0201. The lowest BCUT2D eigenvalue weighted by molar-refractivity contribution is -0.122. The Balaban J connectivity index is 2.53. The van der Waals surface area contributed by atoms with Gasteiger partial charge in [-0.3, -0.25) is 4.79 Å². The van der Waals surface area contributed by atoms with Crippen molar-refractivity contribution in [3.63, 3.8) is 0 Å². The molecule has 0 aliphatic heterocycles. The highest BCUT2D eigenvalue weighted by molar-refractivity contribution is 7.09. The normalized spacial score (nSPS) is 14.1. The maximum Gasteiger partial charge on any atom is 0.234 e. The number of hydrogen-bond donors (Lipinski definition) is 2. The smallest absolute Gasteiger partial charge is 0.234 e. The molecule has 0 spiro atoms. The Morgan fingerprint density at radius 1 is 1.58 bits per heavy atom. The first kappa shape index (κ1) is 16.1. The van der Waals surface area contributed by atoms with Crippen LogP contribution in [0.15, 0.2) is 5.38 Å². The van der Waals surface area contributed by atoms with Crippen molar-refractivity contribution in [3.05, 3.63) is 16.1 Å². The van der Waals surface area contributed by atoms with Gasteiger partial charge in [-0.05, 0) is 20.3 Å². The molecule has 1 rings (SSSR count). The average molecular weight is 285 g/mol. The van der Waals surface area contributed by atoms with Gasteiger partial charge in [0.1, 0.15) is 5.01 Å². The van der Waals surface area contributed by atoms with Crippen LogP contribution in [0.4, 0.5) is 0 Å². The molecule has 0 aliphatic rings. The molecule has 1 unspecified atom stereocenters. The first-order chi connectivity index (χ1) is 9.01. The third kappa shape index (κ3) is 4.89. The Kier molecular flexibility index (Phi) is 6.41. The van der Waals surface area contributed by atoms with E-state index in [-0.39, 0.29) is 11.4 Å². The van der Waals surface area contributed by atoms with Gasteiger partial charge in [0.2, 0.25) is 5.91 Å². The summed E-state index contributed by atoms with van der Waals surface area (Å²) in [5, 5.41) is 9.05. The van der Waals surface area contributed by atoms with Gasteiger partial charge in [0, 0.05) is 24.7 Å². The Morgan fingerprint density at radius 2 is 2.32 bits per heavy atom. The zero-order valence-corrected chi connectivity index (χ0v) is 12.9. The highest BCUT2D eigenvalue weighted by Gasteiger charge is 2.29. The zero-order valence-electron chi connectivity index (χ0n) is 12.1. The number of nitrogens with one attached hydrogen (secondary N) is 2. The second kappa shape index (κ2) is 7.57. The van der Waals surface area contributed by atoms with Crippen LogP contribution in [0.1, 0.15) is 31.0 Å². The molecule has 1 aromatic heterocycles. The van der Waals surface area contributed by atoms with E-state index in [9.17, 15) is 4.79 Å². The first-order valence-electron chi connectivity index (χ1n) is 6.45. The predicted molar refractivity (Wildman–Crippen MR) is 77.4 cm³/mol. The van der Waals surface area contributed by atoms with Gasteiger partial charge in [-0.2, -0.15) is 0 Å². The molecule has 2 N–H and O–H groups in total. The van der Waals surface area contributed by atoms with E-state index in [1.165, 1.54) is 0 Å². The molecular weight excluding hydrogens is 262 g/mol. The van der Waals surface area contributed by atoms with Crippen LogP contribution in [0.25, 0.3) is 0 Å². The van der Waals surface area contributed by atoms with Crippen molar-refractivity contribution < 1.29 is 9.53 Å². The molecule has 108 valence electrons. The number of rotatable bonds is 8. The molecule has 0 fully saturated rings. The summed E-state index contributed by atoms with van der Waals surface area (Å²) in [4.78, 5) is 16.4. The summed E-state index contributed by atoms with van der Waals surface area (Å²) in [7, 11) is 1.64. The van der Waals surface area contributed by atoms with E-state index in [2.05, 4.69) is 22.5 Å². The number of methoxy groups -OCH3 is 1. The van der Waals surface area contributed by atoms with Gasteiger partial charge in [0.25, 0.3) is 0 Å². The maximum atomic E-state index is 11.9. The van der Waals surface area contributed by atoms with Crippen molar-refractivity contribution in [1.29, 1.82) is 0 Å². The fourth-order valence-corrected chi connectivity index (χ4v) is 2.62. The Hall–Kier alpha value is -0.980. The van der Waals surface area contributed by atoms with Crippen LogP contribution in [0.5, 0.6) is 0 Å². The standard InChI is InChI=1S/C13H23N3O2S/c1-5-13(3,12-15-10(2)9-19-12)16-11(17)8-14-6-7-18-4/h9,14H,5-8H2,1-4H3,(H,16,17). The lowest BCUT2D eigenvalue weighted by Gasteiger charge is -2.27. The summed E-state index contributed by atoms with van der Waals surface area (Å²) < 4.78 is 4.92. The number of aromatic nitrogens is 1. The van der Waals surface area contributed by atoms with Gasteiger partial charge >= 0.3 is 0 Å². The summed E-state index contributed by atoms with van der Waals surface area (Å²) in [6.45, 7) is 7.59. The molecule has 0 aromatic carbocycles. The molecule has 0 bridgehead atoms. The second-order valence-corrected chi connectivity index (χ2v) is 5.56. The number of amides is 1. The molecule has 6 heteroatoms. The van der Waals surface area contributed by atoms with Crippen LogP contribution in [0.2, 0.25) is 0 Å².